The van der Waals surface area contributed by atoms with Gasteiger partial charge in [0.05, 0.1) is 0 Å². The number of hydrogen-bond acceptors (Lipinski definition) is 2. The molecular formula is C15H31O2S. The number of unbranched alkanes of at least 4 members (excludes halogenated alkanes) is 1. The average Bonchev–Trinajstić information content (AvgIpc) is 2.18. The van der Waals surface area contributed by atoms with E-state index < -0.39 is 0 Å². The molecule has 0 bridgehead atoms. The van der Waals surface area contributed by atoms with Gasteiger partial charge in [-0.15, -0.1) is 0 Å². The van der Waals surface area contributed by atoms with Gasteiger partial charge < -0.3 is 9.47 Å². The van der Waals surface area contributed by atoms with Crippen LogP contribution in [-0.4, -0.2) is 25.3 Å². The minimum atomic E-state index is -0.0656. The Balaban J connectivity index is 3.25. The molecule has 0 aliphatic heterocycles. The summed E-state index contributed by atoms with van der Waals surface area (Å²) in [5.41, 5.74) is 0.363. The molecule has 0 rings (SSSR count). The summed E-state index contributed by atoms with van der Waals surface area (Å²) in [6.07, 6.45) is 4.53. The summed E-state index contributed by atoms with van der Waals surface area (Å²) in [6.45, 7) is 13.6. The largest absolute Gasteiger partial charge is 0.381 e. The quantitative estimate of drug-likeness (QED) is 0.533. The van der Waals surface area contributed by atoms with E-state index in [9.17, 15) is 0 Å². The summed E-state index contributed by atoms with van der Waals surface area (Å²) in [5, 5.41) is 0. The molecule has 3 heteroatoms. The van der Waals surface area contributed by atoms with Crippen LogP contribution in [0.25, 0.3) is 0 Å². The van der Waals surface area contributed by atoms with E-state index in [4.69, 9.17) is 22.1 Å². The van der Waals surface area contributed by atoms with Crippen molar-refractivity contribution in [3.63, 3.8) is 0 Å². The zero-order valence-corrected chi connectivity index (χ0v) is 13.6. The molecule has 0 aromatic carbocycles. The maximum atomic E-state index is 5.64. The van der Waals surface area contributed by atoms with Crippen molar-refractivity contribution in [1.29, 1.82) is 0 Å². The van der Waals surface area contributed by atoms with Gasteiger partial charge in [0.2, 0.25) is 0 Å². The molecule has 0 aliphatic rings. The second kappa shape index (κ2) is 10.1. The fraction of sp³-hybridized carbons (Fsp3) is 1.00. The van der Waals surface area contributed by atoms with E-state index in [1.807, 2.05) is 6.92 Å². The Bertz CT molecular complexity index is 187. The van der Waals surface area contributed by atoms with Gasteiger partial charge in [0.15, 0.2) is 0 Å². The van der Waals surface area contributed by atoms with Crippen LogP contribution < -0.4 is 0 Å². The Morgan fingerprint density at radius 3 is 2.17 bits per heavy atom. The third-order valence-electron chi connectivity index (χ3n) is 2.75. The molecule has 0 N–H and O–H groups in total. The zero-order chi connectivity index (χ0) is 14.0. The zero-order valence-electron chi connectivity index (χ0n) is 12.8. The standard InChI is InChI=1S/C15H31O2S/c1-13(12-15(3,4)5)8-11-16-9-6-7-10-17-14(2)18/h13-14H,6-12H2,1-5H3. The average molecular weight is 275 g/mol. The van der Waals surface area contributed by atoms with E-state index in [0.717, 1.165) is 45.0 Å². The molecule has 2 unspecified atom stereocenters. The SMILES string of the molecule is CC(CCOCCCCOC(C)[S])CC(C)(C)C. The molecule has 2 atom stereocenters. The summed E-state index contributed by atoms with van der Waals surface area (Å²) in [7, 11) is 0. The Labute approximate surface area is 119 Å². The first-order valence-corrected chi connectivity index (χ1v) is 7.63. The molecule has 1 radical (unpaired) electrons. The summed E-state index contributed by atoms with van der Waals surface area (Å²) < 4.78 is 10.9. The van der Waals surface area contributed by atoms with Crippen molar-refractivity contribution >= 4 is 12.6 Å². The first kappa shape index (κ1) is 18.3. The normalized spacial score (nSPS) is 15.7. The van der Waals surface area contributed by atoms with Crippen LogP contribution in [0.5, 0.6) is 0 Å². The van der Waals surface area contributed by atoms with Gasteiger partial charge in [0.25, 0.3) is 0 Å². The molecule has 0 saturated heterocycles. The maximum absolute atomic E-state index is 5.64. The van der Waals surface area contributed by atoms with Crippen LogP contribution in [0.15, 0.2) is 0 Å². The summed E-state index contributed by atoms with van der Waals surface area (Å²) in [6, 6.07) is 0. The highest BCUT2D eigenvalue weighted by molar-refractivity contribution is 7.80. The first-order chi connectivity index (χ1) is 8.31. The van der Waals surface area contributed by atoms with Crippen LogP contribution >= 0.6 is 12.6 Å². The van der Waals surface area contributed by atoms with Gasteiger partial charge in [-0.05, 0) is 43.9 Å². The van der Waals surface area contributed by atoms with Gasteiger partial charge in [-0.2, -0.15) is 0 Å². The molecule has 2 nitrogen and oxygen atoms in total. The van der Waals surface area contributed by atoms with Crippen LogP contribution in [-0.2, 0) is 9.47 Å². The number of hydrogen-bond donors (Lipinski definition) is 0. The van der Waals surface area contributed by atoms with E-state index in [0.29, 0.717) is 5.41 Å². The Morgan fingerprint density at radius 1 is 1.00 bits per heavy atom. The summed E-state index contributed by atoms with van der Waals surface area (Å²) in [4.78, 5) is 0. The predicted octanol–water partition coefficient (Wildman–Crippen LogP) is 4.81. The fourth-order valence-corrected chi connectivity index (χ4v) is 2.19. The van der Waals surface area contributed by atoms with Crippen molar-refractivity contribution < 1.29 is 9.47 Å². The van der Waals surface area contributed by atoms with Crippen LogP contribution in [0, 0.1) is 11.3 Å². The Hall–Kier alpha value is 0.270. The first-order valence-electron chi connectivity index (χ1n) is 7.16. The van der Waals surface area contributed by atoms with E-state index in [2.05, 4.69) is 27.7 Å². The van der Waals surface area contributed by atoms with Crippen molar-refractivity contribution in [3.8, 4) is 0 Å². The Morgan fingerprint density at radius 2 is 1.61 bits per heavy atom. The second-order valence-electron chi connectivity index (χ2n) is 6.42. The summed E-state index contributed by atoms with van der Waals surface area (Å²) >= 11 is 4.92. The van der Waals surface area contributed by atoms with Crippen molar-refractivity contribution in [2.45, 2.75) is 65.7 Å². The van der Waals surface area contributed by atoms with Gasteiger partial charge in [-0.1, -0.05) is 40.3 Å². The Kier molecular flexibility index (Phi) is 10.3. The molecule has 18 heavy (non-hydrogen) atoms. The monoisotopic (exact) mass is 275 g/mol. The van der Waals surface area contributed by atoms with Crippen LogP contribution in [0.1, 0.15) is 60.3 Å². The third kappa shape index (κ3) is 14.3. The minimum absolute atomic E-state index is 0.0656. The number of rotatable bonds is 10. The lowest BCUT2D eigenvalue weighted by Crippen LogP contribution is -2.13. The lowest BCUT2D eigenvalue weighted by Gasteiger charge is -2.23. The smallest absolute Gasteiger partial charge is 0.110 e. The van der Waals surface area contributed by atoms with Crippen LogP contribution in [0.3, 0.4) is 0 Å². The topological polar surface area (TPSA) is 18.5 Å². The van der Waals surface area contributed by atoms with Crippen molar-refractivity contribution in [3.05, 3.63) is 0 Å². The fourth-order valence-electron chi connectivity index (χ4n) is 2.09. The van der Waals surface area contributed by atoms with Gasteiger partial charge >= 0.3 is 0 Å². The lowest BCUT2D eigenvalue weighted by molar-refractivity contribution is 0.0907. The molecule has 109 valence electrons. The predicted molar refractivity (Wildman–Crippen MR) is 80.9 cm³/mol. The highest BCUT2D eigenvalue weighted by Gasteiger charge is 2.14. The molecule has 0 aromatic rings. The molecular weight excluding hydrogens is 244 g/mol. The molecule has 0 spiro atoms. The van der Waals surface area contributed by atoms with Gasteiger partial charge in [-0.3, -0.25) is 0 Å². The van der Waals surface area contributed by atoms with E-state index >= 15 is 0 Å². The van der Waals surface area contributed by atoms with Crippen molar-refractivity contribution in [2.24, 2.45) is 11.3 Å². The molecule has 0 aromatic heterocycles. The molecule has 0 aliphatic carbocycles. The molecule has 0 heterocycles. The highest BCUT2D eigenvalue weighted by atomic mass is 32.1. The molecule has 0 saturated carbocycles. The third-order valence-corrected chi connectivity index (χ3v) is 2.89. The van der Waals surface area contributed by atoms with Crippen molar-refractivity contribution in [2.75, 3.05) is 19.8 Å². The van der Waals surface area contributed by atoms with Gasteiger partial charge in [0, 0.05) is 19.8 Å². The minimum Gasteiger partial charge on any atom is -0.381 e. The maximum Gasteiger partial charge on any atom is 0.110 e. The summed E-state index contributed by atoms with van der Waals surface area (Å²) in [5.74, 6) is 0.745. The lowest BCUT2D eigenvalue weighted by atomic mass is 9.84. The second-order valence-corrected chi connectivity index (χ2v) is 7.08. The van der Waals surface area contributed by atoms with Crippen LogP contribution in [0.2, 0.25) is 0 Å². The molecule has 0 fully saturated rings. The van der Waals surface area contributed by atoms with E-state index in [1.54, 1.807) is 0 Å². The van der Waals surface area contributed by atoms with Crippen molar-refractivity contribution in [1.82, 2.24) is 0 Å². The molecule has 0 amide bonds. The van der Waals surface area contributed by atoms with E-state index in [1.165, 1.54) is 6.42 Å². The van der Waals surface area contributed by atoms with E-state index in [-0.39, 0.29) is 5.44 Å². The number of ether oxygens (including phenoxy) is 2. The van der Waals surface area contributed by atoms with Gasteiger partial charge in [-0.25, -0.2) is 0 Å². The van der Waals surface area contributed by atoms with Gasteiger partial charge in [0.1, 0.15) is 5.44 Å². The van der Waals surface area contributed by atoms with Crippen LogP contribution in [0.4, 0.5) is 0 Å². The highest BCUT2D eigenvalue weighted by Crippen LogP contribution is 2.25.